The molecule has 3 heteroatoms. The highest BCUT2D eigenvalue weighted by Gasteiger charge is 2.18. The molecule has 1 aliphatic heterocycles. The van der Waals surface area contributed by atoms with Crippen molar-refractivity contribution in [1.82, 2.24) is 10.2 Å². The smallest absolute Gasteiger partial charge is 0.0195 e. The van der Waals surface area contributed by atoms with Gasteiger partial charge in [0.25, 0.3) is 0 Å². The zero-order chi connectivity index (χ0) is 14.2. The Morgan fingerprint density at radius 1 is 1.30 bits per heavy atom. The molecule has 1 unspecified atom stereocenters. The summed E-state index contributed by atoms with van der Waals surface area (Å²) in [7, 11) is 0. The summed E-state index contributed by atoms with van der Waals surface area (Å²) < 4.78 is 0. The van der Waals surface area contributed by atoms with Crippen LogP contribution < -0.4 is 5.32 Å². The Bertz CT molecular complexity index is 361. The molecule has 1 heterocycles. The molecule has 1 aromatic rings. The molecule has 2 nitrogen and oxygen atoms in total. The highest BCUT2D eigenvalue weighted by molar-refractivity contribution is 7.99. The molecule has 2 rings (SSSR count). The molecule has 112 valence electrons. The van der Waals surface area contributed by atoms with E-state index in [1.54, 1.807) is 0 Å². The van der Waals surface area contributed by atoms with Gasteiger partial charge in [-0.05, 0) is 37.4 Å². The average molecular weight is 292 g/mol. The van der Waals surface area contributed by atoms with Gasteiger partial charge in [-0.1, -0.05) is 32.0 Å². The second-order valence-corrected chi connectivity index (χ2v) is 7.28. The fraction of sp³-hybridized carbons (Fsp3) is 0.647. The number of benzene rings is 1. The summed E-state index contributed by atoms with van der Waals surface area (Å²) in [5, 5.41) is 3.62. The molecule has 1 N–H and O–H groups in total. The Morgan fingerprint density at radius 3 is 2.75 bits per heavy atom. The average Bonchev–Trinajstić information content (AvgIpc) is 2.92. The monoisotopic (exact) mass is 292 g/mol. The lowest BCUT2D eigenvalue weighted by Crippen LogP contribution is -2.40. The normalized spacial score (nSPS) is 19.1. The highest BCUT2D eigenvalue weighted by atomic mass is 32.2. The summed E-state index contributed by atoms with van der Waals surface area (Å²) in [5.74, 6) is 1.93. The minimum absolute atomic E-state index is 0.718. The summed E-state index contributed by atoms with van der Waals surface area (Å²) >= 11 is 1.97. The van der Waals surface area contributed by atoms with Gasteiger partial charge in [-0.3, -0.25) is 0 Å². The number of thioether (sulfide) groups is 1. The topological polar surface area (TPSA) is 15.3 Å². The van der Waals surface area contributed by atoms with E-state index in [2.05, 4.69) is 54.4 Å². The van der Waals surface area contributed by atoms with Crippen molar-refractivity contribution in [3.8, 4) is 0 Å². The first kappa shape index (κ1) is 15.9. The first-order chi connectivity index (χ1) is 9.74. The molecule has 1 aliphatic rings. The molecule has 0 saturated carbocycles. The Kier molecular flexibility index (Phi) is 6.91. The van der Waals surface area contributed by atoms with Crippen molar-refractivity contribution in [3.05, 3.63) is 30.3 Å². The van der Waals surface area contributed by atoms with Gasteiger partial charge in [0.15, 0.2) is 0 Å². The van der Waals surface area contributed by atoms with Crippen LogP contribution in [0.3, 0.4) is 0 Å². The standard InChI is InChI=1S/C17H28N2S/c1-15(2)13-19(14-16-7-6-10-18-16)11-12-20-17-8-4-3-5-9-17/h3-5,8-9,15-16,18H,6-7,10-14H2,1-2H3. The number of nitrogens with one attached hydrogen (secondary N) is 1. The number of nitrogens with zero attached hydrogens (tertiary/aromatic N) is 1. The second-order valence-electron chi connectivity index (χ2n) is 6.11. The van der Waals surface area contributed by atoms with Crippen LogP contribution in [0.5, 0.6) is 0 Å². The van der Waals surface area contributed by atoms with E-state index in [1.807, 2.05) is 11.8 Å². The molecular weight excluding hydrogens is 264 g/mol. The lowest BCUT2D eigenvalue weighted by atomic mass is 10.1. The molecule has 0 aliphatic carbocycles. The van der Waals surface area contributed by atoms with Crippen LogP contribution in [0, 0.1) is 5.92 Å². The van der Waals surface area contributed by atoms with Crippen molar-refractivity contribution in [2.75, 3.05) is 31.9 Å². The van der Waals surface area contributed by atoms with Crippen LogP contribution >= 0.6 is 11.8 Å². The quantitative estimate of drug-likeness (QED) is 0.738. The van der Waals surface area contributed by atoms with Gasteiger partial charge in [0.2, 0.25) is 0 Å². The fourth-order valence-corrected chi connectivity index (χ4v) is 3.74. The summed E-state index contributed by atoms with van der Waals surface area (Å²) in [6.07, 6.45) is 2.69. The van der Waals surface area contributed by atoms with Crippen LogP contribution in [-0.4, -0.2) is 42.9 Å². The van der Waals surface area contributed by atoms with Crippen LogP contribution in [0.1, 0.15) is 26.7 Å². The summed E-state index contributed by atoms with van der Waals surface area (Å²) in [6, 6.07) is 11.5. The van der Waals surface area contributed by atoms with Crippen molar-refractivity contribution in [2.24, 2.45) is 5.92 Å². The molecule has 1 aromatic carbocycles. The van der Waals surface area contributed by atoms with Gasteiger partial charge < -0.3 is 10.2 Å². The van der Waals surface area contributed by atoms with Gasteiger partial charge in [-0.15, -0.1) is 11.8 Å². The van der Waals surface area contributed by atoms with Crippen molar-refractivity contribution in [1.29, 1.82) is 0 Å². The predicted octanol–water partition coefficient (Wildman–Crippen LogP) is 3.49. The van der Waals surface area contributed by atoms with E-state index in [0.29, 0.717) is 0 Å². The fourth-order valence-electron chi connectivity index (χ4n) is 2.81. The van der Waals surface area contributed by atoms with Gasteiger partial charge in [-0.2, -0.15) is 0 Å². The largest absolute Gasteiger partial charge is 0.313 e. The maximum absolute atomic E-state index is 3.62. The maximum atomic E-state index is 3.62. The highest BCUT2D eigenvalue weighted by Crippen LogP contribution is 2.17. The van der Waals surface area contributed by atoms with E-state index in [9.17, 15) is 0 Å². The van der Waals surface area contributed by atoms with Crippen molar-refractivity contribution < 1.29 is 0 Å². The summed E-state index contributed by atoms with van der Waals surface area (Å²) in [6.45, 7) is 9.47. The van der Waals surface area contributed by atoms with Gasteiger partial charge in [0, 0.05) is 36.3 Å². The van der Waals surface area contributed by atoms with E-state index < -0.39 is 0 Å². The molecule has 20 heavy (non-hydrogen) atoms. The van der Waals surface area contributed by atoms with Crippen molar-refractivity contribution >= 4 is 11.8 Å². The minimum atomic E-state index is 0.718. The first-order valence-corrected chi connectivity index (χ1v) is 8.86. The molecule has 1 saturated heterocycles. The van der Waals surface area contributed by atoms with E-state index in [-0.39, 0.29) is 0 Å². The SMILES string of the molecule is CC(C)CN(CCSc1ccccc1)CC1CCCN1. The van der Waals surface area contributed by atoms with Crippen LogP contribution in [0.25, 0.3) is 0 Å². The summed E-state index contributed by atoms with van der Waals surface area (Å²) in [5.41, 5.74) is 0. The molecule has 0 amide bonds. The molecule has 0 spiro atoms. The molecule has 0 aromatic heterocycles. The molecule has 0 radical (unpaired) electrons. The number of rotatable bonds is 8. The van der Waals surface area contributed by atoms with Gasteiger partial charge in [0.05, 0.1) is 0 Å². The zero-order valence-electron chi connectivity index (χ0n) is 12.8. The second kappa shape index (κ2) is 8.71. The molecular formula is C17H28N2S. The van der Waals surface area contributed by atoms with E-state index in [1.165, 1.54) is 49.7 Å². The lowest BCUT2D eigenvalue weighted by Gasteiger charge is -2.27. The zero-order valence-corrected chi connectivity index (χ0v) is 13.7. The summed E-state index contributed by atoms with van der Waals surface area (Å²) in [4.78, 5) is 4.03. The third-order valence-electron chi connectivity index (χ3n) is 3.68. The van der Waals surface area contributed by atoms with Crippen LogP contribution in [0.2, 0.25) is 0 Å². The third kappa shape index (κ3) is 5.86. The van der Waals surface area contributed by atoms with Crippen molar-refractivity contribution in [3.63, 3.8) is 0 Å². The van der Waals surface area contributed by atoms with E-state index in [4.69, 9.17) is 0 Å². The van der Waals surface area contributed by atoms with Crippen LogP contribution in [0.15, 0.2) is 35.2 Å². The third-order valence-corrected chi connectivity index (χ3v) is 4.68. The van der Waals surface area contributed by atoms with Crippen molar-refractivity contribution in [2.45, 2.75) is 37.6 Å². The molecule has 1 atom stereocenters. The van der Waals surface area contributed by atoms with Gasteiger partial charge >= 0.3 is 0 Å². The molecule has 1 fully saturated rings. The molecule has 0 bridgehead atoms. The van der Waals surface area contributed by atoms with Crippen LogP contribution in [0.4, 0.5) is 0 Å². The number of hydrogen-bond acceptors (Lipinski definition) is 3. The first-order valence-electron chi connectivity index (χ1n) is 7.87. The Labute approximate surface area is 128 Å². The van der Waals surface area contributed by atoms with Gasteiger partial charge in [0.1, 0.15) is 0 Å². The number of hydrogen-bond donors (Lipinski definition) is 1. The Balaban J connectivity index is 1.74. The Hall–Kier alpha value is -0.510. The van der Waals surface area contributed by atoms with E-state index in [0.717, 1.165) is 12.0 Å². The Morgan fingerprint density at radius 2 is 2.10 bits per heavy atom. The van der Waals surface area contributed by atoms with Gasteiger partial charge in [-0.25, -0.2) is 0 Å². The van der Waals surface area contributed by atoms with E-state index >= 15 is 0 Å². The maximum Gasteiger partial charge on any atom is 0.0195 e. The predicted molar refractivity (Wildman–Crippen MR) is 89.5 cm³/mol. The van der Waals surface area contributed by atoms with Crippen LogP contribution in [-0.2, 0) is 0 Å². The lowest BCUT2D eigenvalue weighted by molar-refractivity contribution is 0.236. The minimum Gasteiger partial charge on any atom is -0.313 e.